The molecule has 182 valence electrons. The number of rotatable bonds is 11. The van der Waals surface area contributed by atoms with E-state index >= 15 is 0 Å². The fourth-order valence-electron chi connectivity index (χ4n) is 2.43. The smallest absolute Gasteiger partial charge is 0.0886 e. The van der Waals surface area contributed by atoms with Crippen molar-refractivity contribution in [2.24, 2.45) is 11.8 Å². The van der Waals surface area contributed by atoms with Gasteiger partial charge in [0.25, 0.3) is 0 Å². The Balaban J connectivity index is 0.000000377. The van der Waals surface area contributed by atoms with E-state index in [2.05, 4.69) is 63.1 Å². The summed E-state index contributed by atoms with van der Waals surface area (Å²) in [5, 5.41) is 0. The first-order valence-electron chi connectivity index (χ1n) is 11.1. The van der Waals surface area contributed by atoms with Gasteiger partial charge in [-0.15, -0.1) is 0 Å². The first-order chi connectivity index (χ1) is 15.6. The molecule has 0 bridgehead atoms. The normalized spacial score (nSPS) is 11.0. The second-order valence-corrected chi connectivity index (χ2v) is 42.9. The van der Waals surface area contributed by atoms with Crippen LogP contribution in [0.1, 0.15) is 40.5 Å². The summed E-state index contributed by atoms with van der Waals surface area (Å²) in [5.74, 6) is 0.537. The average molecular weight is 693 g/mol. The third-order valence-electron chi connectivity index (χ3n) is 4.31. The molecule has 2 aromatic rings. The van der Waals surface area contributed by atoms with Gasteiger partial charge in [-0.1, -0.05) is 12.1 Å². The standard InChI is InChI=1S/C10H8N2.2C7H13O2.2BrH.Sn/c1-3-7-11-9(5-1)10-6-2-4-8-12-10;2*1-6(2)4-5-9-7(3)8;;;/h1-8H;2*6H,3-5H2,1-2H3;2*1H;/q;;;;;+2/p-2. The van der Waals surface area contributed by atoms with Gasteiger partial charge in [-0.25, -0.2) is 0 Å². The fraction of sp³-hybridized carbons (Fsp3) is 0.500. The Hall–Kier alpha value is -1.00. The Bertz CT molecular complexity index is 754. The van der Waals surface area contributed by atoms with E-state index in [9.17, 15) is 9.59 Å². The Morgan fingerprint density at radius 2 is 1.18 bits per heavy atom. The van der Waals surface area contributed by atoms with E-state index in [1.165, 1.54) is 0 Å². The summed E-state index contributed by atoms with van der Waals surface area (Å²) in [6.45, 7) is 9.21. The number of aromatic nitrogens is 2. The van der Waals surface area contributed by atoms with Gasteiger partial charge < -0.3 is 0 Å². The summed E-state index contributed by atoms with van der Waals surface area (Å²) in [7, 11) is 0. The summed E-state index contributed by atoms with van der Waals surface area (Å²) in [6, 6.07) is 11.6. The summed E-state index contributed by atoms with van der Waals surface area (Å²) in [4.78, 5) is 31.9. The van der Waals surface area contributed by atoms with Crippen LogP contribution in [0.2, 0.25) is 8.87 Å². The van der Waals surface area contributed by atoms with E-state index in [1.807, 2.05) is 36.4 Å². The number of esters is 2. The summed E-state index contributed by atoms with van der Waals surface area (Å²) >= 11 is 4.02. The quantitative estimate of drug-likeness (QED) is 0.197. The number of hydrogen-bond acceptors (Lipinski definition) is 6. The van der Waals surface area contributed by atoms with Crippen LogP contribution in [0.5, 0.6) is 0 Å². The number of pyridine rings is 2. The minimum Gasteiger partial charge on any atom is -0.255 e. The molecule has 0 atom stereocenters. The molecule has 2 heterocycles. The molecule has 6 nitrogen and oxygen atoms in total. The molecule has 0 radical (unpaired) electrons. The van der Waals surface area contributed by atoms with Gasteiger partial charge in [0, 0.05) is 12.4 Å². The maximum absolute atomic E-state index is 11.7. The zero-order valence-corrected chi connectivity index (χ0v) is 25.8. The van der Waals surface area contributed by atoms with E-state index in [0.717, 1.165) is 24.2 Å². The number of nitrogens with zero attached hydrogens (tertiary/aromatic N) is 2. The summed E-state index contributed by atoms with van der Waals surface area (Å²) in [6.07, 6.45) is 5.25. The van der Waals surface area contributed by atoms with Crippen LogP contribution in [0, 0.1) is 11.8 Å². The van der Waals surface area contributed by atoms with E-state index < -0.39 is 13.9 Å². The van der Waals surface area contributed by atoms with Gasteiger partial charge in [0.15, 0.2) is 0 Å². The summed E-state index contributed by atoms with van der Waals surface area (Å²) in [5.41, 5.74) is 1.83. The molecule has 0 spiro atoms. The van der Waals surface area contributed by atoms with Crippen LogP contribution in [0.15, 0.2) is 48.8 Å². The predicted octanol–water partition coefficient (Wildman–Crippen LogP) is 6.54. The second-order valence-electron chi connectivity index (χ2n) is 8.45. The Labute approximate surface area is 213 Å². The number of carbonyl (C=O) groups excluding carboxylic acids is 2. The van der Waals surface area contributed by atoms with Crippen LogP contribution in [0.4, 0.5) is 0 Å². The van der Waals surface area contributed by atoms with Crippen molar-refractivity contribution in [3.63, 3.8) is 0 Å². The van der Waals surface area contributed by atoms with Crippen molar-refractivity contribution in [3.8, 4) is 11.4 Å². The first-order valence-corrected chi connectivity index (χ1v) is 27.9. The number of halogens is 2. The maximum Gasteiger partial charge on any atom is 0.0886 e. The van der Waals surface area contributed by atoms with Crippen molar-refractivity contribution < 1.29 is 19.1 Å². The SMILES string of the molecule is CC(C)CCOC(=O)[CH2][Sn]([Br])([Br])[CH2]C(=O)OCCC(C)C.c1ccc(-c2ccccn2)nc1. The topological polar surface area (TPSA) is 78.4 Å². The Kier molecular flexibility index (Phi) is 15.1. The maximum atomic E-state index is 11.7. The molecule has 33 heavy (non-hydrogen) atoms. The molecular weight excluding hydrogens is 659 g/mol. The van der Waals surface area contributed by atoms with Crippen molar-refractivity contribution in [2.75, 3.05) is 13.2 Å². The predicted molar refractivity (Wildman–Crippen MR) is 142 cm³/mol. The van der Waals surface area contributed by atoms with E-state index in [-0.39, 0.29) is 20.8 Å². The monoisotopic (exact) mass is 692 g/mol. The molecule has 0 fully saturated rings. The molecule has 0 N–H and O–H groups in total. The molecule has 0 aliphatic rings. The van der Waals surface area contributed by atoms with Crippen LogP contribution in [-0.2, 0) is 19.1 Å². The molecule has 0 amide bonds. The van der Waals surface area contributed by atoms with Crippen molar-refractivity contribution in [1.29, 1.82) is 0 Å². The zero-order valence-electron chi connectivity index (χ0n) is 19.8. The van der Waals surface area contributed by atoms with E-state index in [4.69, 9.17) is 9.47 Å². The largest absolute Gasteiger partial charge is 0.255 e. The molecule has 9 heteroatoms. The van der Waals surface area contributed by atoms with Crippen molar-refractivity contribution in [1.82, 2.24) is 9.97 Å². The van der Waals surface area contributed by atoms with Gasteiger partial charge in [-0.3, -0.25) is 9.97 Å². The van der Waals surface area contributed by atoms with Crippen LogP contribution < -0.4 is 0 Å². The van der Waals surface area contributed by atoms with Crippen LogP contribution in [-0.4, -0.2) is 49.1 Å². The van der Waals surface area contributed by atoms with Gasteiger partial charge in [-0.05, 0) is 24.3 Å². The van der Waals surface area contributed by atoms with Crippen molar-refractivity contribution >= 4 is 51.3 Å². The Morgan fingerprint density at radius 3 is 1.48 bits per heavy atom. The van der Waals surface area contributed by atoms with Gasteiger partial charge >= 0.3 is 145 Å². The van der Waals surface area contributed by atoms with Crippen molar-refractivity contribution in [3.05, 3.63) is 48.8 Å². The minimum absolute atomic E-state index is 0.241. The molecule has 0 aliphatic carbocycles. The minimum atomic E-state index is -3.08. The molecule has 0 aromatic carbocycles. The van der Waals surface area contributed by atoms with Crippen LogP contribution in [0.25, 0.3) is 11.4 Å². The number of ether oxygens (including phenoxy) is 2. The molecule has 0 aliphatic heterocycles. The van der Waals surface area contributed by atoms with Gasteiger partial charge in [0.2, 0.25) is 0 Å². The van der Waals surface area contributed by atoms with E-state index in [0.29, 0.717) is 25.0 Å². The summed E-state index contributed by atoms with van der Waals surface area (Å²) < 4.78 is 10.9. The molecule has 2 aromatic heterocycles. The van der Waals surface area contributed by atoms with Gasteiger partial charge in [0.05, 0.1) is 11.4 Å². The first kappa shape index (κ1) is 30.0. The van der Waals surface area contributed by atoms with E-state index in [1.54, 1.807) is 12.4 Å². The van der Waals surface area contributed by atoms with Crippen LogP contribution >= 0.6 is 25.4 Å². The number of hydrogen-bond donors (Lipinski definition) is 0. The van der Waals surface area contributed by atoms with Gasteiger partial charge in [-0.2, -0.15) is 0 Å². The zero-order chi connectivity index (χ0) is 24.7. The third-order valence-corrected chi connectivity index (χ3v) is 16.4. The number of carbonyl (C=O) groups is 2. The molecule has 0 unspecified atom stereocenters. The fourth-order valence-corrected chi connectivity index (χ4v) is 11.9. The van der Waals surface area contributed by atoms with Crippen LogP contribution in [0.3, 0.4) is 0 Å². The molecule has 0 saturated heterocycles. The Morgan fingerprint density at radius 1 is 0.788 bits per heavy atom. The second kappa shape index (κ2) is 16.6. The van der Waals surface area contributed by atoms with Gasteiger partial charge in [0.1, 0.15) is 0 Å². The average Bonchev–Trinajstić information content (AvgIpc) is 2.74. The molecule has 0 saturated carbocycles. The third kappa shape index (κ3) is 15.5. The molecule has 2 rings (SSSR count). The van der Waals surface area contributed by atoms with Crippen molar-refractivity contribution in [2.45, 2.75) is 49.4 Å². The molecular formula is C24H34Br2N2O4Sn.